The maximum Gasteiger partial charge on any atom is 0.158 e. The Balaban J connectivity index is 1.20. The maximum atomic E-state index is 5.46. The number of fused-ring (bicyclic) bond motifs is 2. The number of aryl methyl sites for hydroxylation is 2. The van der Waals surface area contributed by atoms with Gasteiger partial charge in [0.15, 0.2) is 5.65 Å². The molecule has 4 aromatic heterocycles. The quantitative estimate of drug-likeness (QED) is 0.464. The molecule has 0 aromatic carbocycles. The van der Waals surface area contributed by atoms with E-state index in [9.17, 15) is 0 Å². The summed E-state index contributed by atoms with van der Waals surface area (Å²) in [5.74, 6) is 1.51. The van der Waals surface area contributed by atoms with E-state index >= 15 is 0 Å². The Kier molecular flexibility index (Phi) is 4.95. The smallest absolute Gasteiger partial charge is 0.158 e. The molecule has 0 radical (unpaired) electrons. The van der Waals surface area contributed by atoms with Crippen LogP contribution < -0.4 is 4.90 Å². The van der Waals surface area contributed by atoms with Gasteiger partial charge in [-0.05, 0) is 49.8 Å². The molecule has 8 nitrogen and oxygen atoms in total. The topological polar surface area (TPSA) is 74.6 Å². The van der Waals surface area contributed by atoms with E-state index in [1.165, 1.54) is 42.4 Å². The average molecular weight is 486 g/mol. The Bertz CT molecular complexity index is 1450. The van der Waals surface area contributed by atoms with Gasteiger partial charge in [0.1, 0.15) is 12.1 Å². The van der Waals surface area contributed by atoms with Gasteiger partial charge in [-0.3, -0.25) is 4.90 Å². The van der Waals surface area contributed by atoms with Gasteiger partial charge in [0.2, 0.25) is 0 Å². The third-order valence-corrected chi connectivity index (χ3v) is 8.69. The summed E-state index contributed by atoms with van der Waals surface area (Å²) in [5, 5.41) is 5.71. The van der Waals surface area contributed by atoms with E-state index in [2.05, 4.69) is 64.8 Å². The normalized spacial score (nSPS) is 20.5. The van der Waals surface area contributed by atoms with E-state index in [4.69, 9.17) is 9.72 Å². The number of piperidine rings is 1. The van der Waals surface area contributed by atoms with Crippen LogP contribution in [0.2, 0.25) is 0 Å². The highest BCUT2D eigenvalue weighted by atomic mass is 16.5. The summed E-state index contributed by atoms with van der Waals surface area (Å²) in [6, 6.07) is 2.92. The first-order valence-corrected chi connectivity index (χ1v) is 13.3. The van der Waals surface area contributed by atoms with Crippen molar-refractivity contribution in [3.63, 3.8) is 0 Å². The third-order valence-electron chi connectivity index (χ3n) is 8.69. The molecule has 3 aliphatic rings. The molecule has 1 spiro atoms. The molecule has 7 rings (SSSR count). The Hall–Kier alpha value is -2.97. The molecule has 8 heteroatoms. The molecule has 0 aliphatic carbocycles. The van der Waals surface area contributed by atoms with Gasteiger partial charge in [0.05, 0.1) is 30.6 Å². The van der Waals surface area contributed by atoms with Crippen LogP contribution in [0.5, 0.6) is 0 Å². The minimum atomic E-state index is 0.370. The number of rotatable bonds is 4. The second-order valence-electron chi connectivity index (χ2n) is 11.6. The van der Waals surface area contributed by atoms with E-state index in [0.717, 1.165) is 60.1 Å². The van der Waals surface area contributed by atoms with Crippen LogP contribution in [-0.2, 0) is 4.74 Å². The third kappa shape index (κ3) is 3.30. The van der Waals surface area contributed by atoms with Gasteiger partial charge in [-0.15, -0.1) is 0 Å². The molecule has 4 aromatic rings. The number of H-pyrrole nitrogens is 1. The van der Waals surface area contributed by atoms with E-state index in [1.54, 1.807) is 6.33 Å². The largest absolute Gasteiger partial charge is 0.380 e. The van der Waals surface area contributed by atoms with Crippen molar-refractivity contribution in [3.05, 3.63) is 41.5 Å². The fraction of sp³-hybridized carbons (Fsp3) is 0.536. The highest BCUT2D eigenvalue weighted by Crippen LogP contribution is 2.42. The first-order valence-electron chi connectivity index (χ1n) is 13.3. The minimum Gasteiger partial charge on any atom is -0.380 e. The van der Waals surface area contributed by atoms with Gasteiger partial charge in [-0.1, -0.05) is 13.8 Å². The van der Waals surface area contributed by atoms with Crippen LogP contribution in [0.25, 0.3) is 27.8 Å². The molecule has 0 atom stereocenters. The zero-order valence-corrected chi connectivity index (χ0v) is 21.7. The molecular weight excluding hydrogens is 450 g/mol. The number of nitrogens with one attached hydrogen (secondary N) is 1. The number of hydrogen-bond donors (Lipinski definition) is 1. The molecular formula is C28H35N7O. The molecule has 188 valence electrons. The van der Waals surface area contributed by atoms with Crippen molar-refractivity contribution >= 4 is 22.4 Å². The van der Waals surface area contributed by atoms with Crippen LogP contribution in [0.1, 0.15) is 49.3 Å². The minimum absolute atomic E-state index is 0.370. The Morgan fingerprint density at radius 3 is 2.58 bits per heavy atom. The Morgan fingerprint density at radius 2 is 1.89 bits per heavy atom. The van der Waals surface area contributed by atoms with E-state index in [1.807, 2.05) is 10.7 Å². The Labute approximate surface area is 211 Å². The molecule has 3 aliphatic heterocycles. The van der Waals surface area contributed by atoms with Crippen LogP contribution >= 0.6 is 0 Å². The van der Waals surface area contributed by atoms with Crippen LogP contribution in [0.4, 0.5) is 5.82 Å². The van der Waals surface area contributed by atoms with Crippen molar-refractivity contribution in [2.45, 2.75) is 52.5 Å². The predicted molar refractivity (Wildman–Crippen MR) is 142 cm³/mol. The average Bonchev–Trinajstić information content (AvgIpc) is 3.43. The van der Waals surface area contributed by atoms with Gasteiger partial charge in [-0.2, -0.15) is 5.10 Å². The lowest BCUT2D eigenvalue weighted by Gasteiger charge is -2.58. The molecule has 3 fully saturated rings. The van der Waals surface area contributed by atoms with Gasteiger partial charge in [0, 0.05) is 60.3 Å². The number of aromatic nitrogens is 5. The number of ether oxygens (including phenoxy) is 1. The highest BCUT2D eigenvalue weighted by molar-refractivity contribution is 5.95. The molecule has 0 bridgehead atoms. The van der Waals surface area contributed by atoms with E-state index in [0.29, 0.717) is 17.4 Å². The maximum absolute atomic E-state index is 5.46. The summed E-state index contributed by atoms with van der Waals surface area (Å²) in [7, 11) is 0. The second kappa shape index (κ2) is 8.02. The number of pyridine rings is 2. The zero-order valence-electron chi connectivity index (χ0n) is 21.7. The molecule has 36 heavy (non-hydrogen) atoms. The lowest BCUT2D eigenvalue weighted by Crippen LogP contribution is -2.68. The number of aromatic amines is 1. The van der Waals surface area contributed by atoms with Gasteiger partial charge in [0.25, 0.3) is 0 Å². The SMILES string of the molecule is Cc1c(N2CCC(N3CC4(COC4)C3)CC2)ncc2[nH]c(-c3cc(C)c4ncnn4c3)c(C(C)C)c12. The number of likely N-dealkylation sites (tertiary alicyclic amines) is 1. The first kappa shape index (κ1) is 22.2. The van der Waals surface area contributed by atoms with Gasteiger partial charge < -0.3 is 14.6 Å². The summed E-state index contributed by atoms with van der Waals surface area (Å²) in [6.07, 6.45) is 8.16. The molecule has 0 unspecified atom stereocenters. The van der Waals surface area contributed by atoms with Crippen molar-refractivity contribution in [2.24, 2.45) is 5.41 Å². The lowest BCUT2D eigenvalue weighted by molar-refractivity contribution is -0.199. The molecule has 3 saturated heterocycles. The van der Waals surface area contributed by atoms with Crippen molar-refractivity contribution in [1.29, 1.82) is 0 Å². The summed E-state index contributed by atoms with van der Waals surface area (Å²) in [6.45, 7) is 15.4. The van der Waals surface area contributed by atoms with Crippen LogP contribution in [0.3, 0.4) is 0 Å². The standard InChI is InChI=1S/C28H35N7O/c1-17(2)23-24-19(4)27(33-7-5-21(6-8-33)34-12-28(13-34)14-36-15-28)29-10-22(24)32-25(23)20-9-18(3)26-30-16-31-35(26)11-20/h9-11,16-17,21,32H,5-8,12-15H2,1-4H3. The molecule has 0 amide bonds. The summed E-state index contributed by atoms with van der Waals surface area (Å²) >= 11 is 0. The van der Waals surface area contributed by atoms with Crippen molar-refractivity contribution in [1.82, 2.24) is 29.5 Å². The monoisotopic (exact) mass is 485 g/mol. The van der Waals surface area contributed by atoms with Crippen LogP contribution in [0, 0.1) is 19.3 Å². The van der Waals surface area contributed by atoms with Crippen LogP contribution in [-0.4, -0.2) is 74.9 Å². The zero-order chi connectivity index (χ0) is 24.6. The first-order chi connectivity index (χ1) is 17.4. The van der Waals surface area contributed by atoms with Crippen LogP contribution in [0.15, 0.2) is 24.8 Å². The van der Waals surface area contributed by atoms with E-state index in [-0.39, 0.29) is 0 Å². The fourth-order valence-electron chi connectivity index (χ4n) is 6.81. The highest BCUT2D eigenvalue weighted by Gasteiger charge is 2.50. The number of nitrogens with zero attached hydrogens (tertiary/aromatic N) is 6. The van der Waals surface area contributed by atoms with Crippen molar-refractivity contribution < 1.29 is 4.74 Å². The van der Waals surface area contributed by atoms with E-state index < -0.39 is 0 Å². The molecule has 1 N–H and O–H groups in total. The van der Waals surface area contributed by atoms with Crippen molar-refractivity contribution in [2.75, 3.05) is 44.3 Å². The number of anilines is 1. The van der Waals surface area contributed by atoms with Gasteiger partial charge >= 0.3 is 0 Å². The fourth-order valence-corrected chi connectivity index (χ4v) is 6.81. The van der Waals surface area contributed by atoms with Crippen molar-refractivity contribution in [3.8, 4) is 11.3 Å². The number of hydrogen-bond acceptors (Lipinski definition) is 6. The predicted octanol–water partition coefficient (Wildman–Crippen LogP) is 4.31. The Morgan fingerprint density at radius 1 is 1.11 bits per heavy atom. The second-order valence-corrected chi connectivity index (χ2v) is 11.6. The summed E-state index contributed by atoms with van der Waals surface area (Å²) in [5.41, 5.74) is 8.56. The van der Waals surface area contributed by atoms with Gasteiger partial charge in [-0.25, -0.2) is 14.5 Å². The molecule has 7 heterocycles. The summed E-state index contributed by atoms with van der Waals surface area (Å²) in [4.78, 5) is 18.3. The summed E-state index contributed by atoms with van der Waals surface area (Å²) < 4.78 is 7.34. The lowest BCUT2D eigenvalue weighted by atomic mass is 9.76. The molecule has 0 saturated carbocycles.